The average molecular weight is 456 g/mol. The molecule has 2 aliphatic rings. The number of rotatable bonds is 5. The quantitative estimate of drug-likeness (QED) is 0.557. The number of nitrogens with one attached hydrogen (secondary N) is 2. The van der Waals surface area contributed by atoms with Crippen LogP contribution >= 0.6 is 0 Å². The molecule has 2 aromatic carbocycles. The zero-order valence-electron chi connectivity index (χ0n) is 18.3. The fourth-order valence-corrected chi connectivity index (χ4v) is 4.21. The predicted octanol–water partition coefficient (Wildman–Crippen LogP) is 2.29. The Morgan fingerprint density at radius 3 is 2.88 bits per heavy atom. The second kappa shape index (κ2) is 8.44. The molecule has 10 nitrogen and oxygen atoms in total. The molecule has 2 N–H and O–H groups in total. The molecule has 3 heterocycles. The summed E-state index contributed by atoms with van der Waals surface area (Å²) in [6.45, 7) is 2.56. The minimum absolute atomic E-state index is 0.208. The zero-order chi connectivity index (χ0) is 23.8. The number of amides is 3. The maximum Gasteiger partial charge on any atom is 0.322 e. The Bertz CT molecular complexity index is 1370. The molecular formula is C24H20N6O4. The molecule has 2 aliphatic heterocycles. The molecule has 170 valence electrons. The number of fused-ring (bicyclic) bond motifs is 1. The largest absolute Gasteiger partial charge is 0.334 e. The van der Waals surface area contributed by atoms with Crippen molar-refractivity contribution in [2.75, 3.05) is 5.32 Å². The molecule has 3 amide bonds. The Balaban J connectivity index is 1.26. The molecule has 3 aromatic rings. The first-order valence-electron chi connectivity index (χ1n) is 10.8. The van der Waals surface area contributed by atoms with Crippen LogP contribution in [0.5, 0.6) is 0 Å². The van der Waals surface area contributed by atoms with Crippen molar-refractivity contribution in [3.63, 3.8) is 0 Å². The van der Waals surface area contributed by atoms with Gasteiger partial charge in [-0.3, -0.25) is 19.7 Å². The van der Waals surface area contributed by atoms with Crippen LogP contribution < -0.4 is 10.6 Å². The van der Waals surface area contributed by atoms with E-state index in [1.807, 2.05) is 31.2 Å². The Labute approximate surface area is 194 Å². The molecule has 0 spiro atoms. The van der Waals surface area contributed by atoms with E-state index in [0.29, 0.717) is 42.0 Å². The number of anilines is 1. The van der Waals surface area contributed by atoms with Crippen molar-refractivity contribution in [2.24, 2.45) is 0 Å². The number of nitriles is 1. The van der Waals surface area contributed by atoms with Crippen molar-refractivity contribution in [3.8, 4) is 17.5 Å². The van der Waals surface area contributed by atoms with Crippen molar-refractivity contribution in [1.29, 1.82) is 5.26 Å². The lowest BCUT2D eigenvalue weighted by Crippen LogP contribution is -2.52. The number of carbonyl (C=O) groups is 3. The van der Waals surface area contributed by atoms with Gasteiger partial charge in [-0.15, -0.1) is 0 Å². The molecular weight excluding hydrogens is 436 g/mol. The van der Waals surface area contributed by atoms with Gasteiger partial charge in [0.25, 0.3) is 5.91 Å². The van der Waals surface area contributed by atoms with Crippen molar-refractivity contribution >= 4 is 23.7 Å². The highest BCUT2D eigenvalue weighted by molar-refractivity contribution is 6.05. The third-order valence-electron chi connectivity index (χ3n) is 6.07. The van der Waals surface area contributed by atoms with Gasteiger partial charge >= 0.3 is 6.01 Å². The van der Waals surface area contributed by atoms with Crippen LogP contribution in [0.15, 0.2) is 40.9 Å². The van der Waals surface area contributed by atoms with Crippen molar-refractivity contribution in [3.05, 3.63) is 64.2 Å². The van der Waals surface area contributed by atoms with E-state index < -0.39 is 11.9 Å². The van der Waals surface area contributed by atoms with Crippen LogP contribution in [0.2, 0.25) is 0 Å². The highest BCUT2D eigenvalue weighted by Gasteiger charge is 2.39. The Kier molecular flexibility index (Phi) is 5.30. The van der Waals surface area contributed by atoms with Gasteiger partial charge in [-0.2, -0.15) is 10.2 Å². The number of imide groups is 1. The Hall–Kier alpha value is -4.52. The van der Waals surface area contributed by atoms with E-state index in [1.54, 1.807) is 12.1 Å². The maximum atomic E-state index is 12.8. The van der Waals surface area contributed by atoms with E-state index >= 15 is 0 Å². The molecule has 1 fully saturated rings. The first-order chi connectivity index (χ1) is 16.4. The van der Waals surface area contributed by atoms with Crippen LogP contribution in [0.1, 0.15) is 45.5 Å². The first kappa shape index (κ1) is 21.3. The molecule has 1 aromatic heterocycles. The fourth-order valence-electron chi connectivity index (χ4n) is 4.21. The lowest BCUT2D eigenvalue weighted by molar-refractivity contribution is -0.136. The summed E-state index contributed by atoms with van der Waals surface area (Å²) in [7, 11) is 0. The van der Waals surface area contributed by atoms with Crippen LogP contribution in [-0.4, -0.2) is 38.8 Å². The molecule has 10 heteroatoms. The van der Waals surface area contributed by atoms with E-state index in [2.05, 4.69) is 26.8 Å². The summed E-state index contributed by atoms with van der Waals surface area (Å²) >= 11 is 0. The highest BCUT2D eigenvalue weighted by atomic mass is 16.5. The topological polar surface area (TPSA) is 141 Å². The summed E-state index contributed by atoms with van der Waals surface area (Å²) in [5, 5.41) is 18.6. The van der Waals surface area contributed by atoms with Gasteiger partial charge in [0.15, 0.2) is 0 Å². The first-order valence-corrected chi connectivity index (χ1v) is 10.8. The summed E-state index contributed by atoms with van der Waals surface area (Å²) in [5.41, 5.74) is 4.39. The second-order valence-corrected chi connectivity index (χ2v) is 8.31. The number of piperidine rings is 1. The van der Waals surface area contributed by atoms with Gasteiger partial charge in [0.2, 0.25) is 17.6 Å². The number of carbonyl (C=O) groups excluding carboxylic acids is 3. The summed E-state index contributed by atoms with van der Waals surface area (Å²) in [6.07, 6.45) is 0.549. The number of aromatic nitrogens is 2. The fraction of sp³-hybridized carbons (Fsp3) is 0.250. The van der Waals surface area contributed by atoms with Gasteiger partial charge in [-0.25, -0.2) is 0 Å². The number of aryl methyl sites for hydroxylation is 1. The molecule has 1 unspecified atom stereocenters. The van der Waals surface area contributed by atoms with E-state index in [-0.39, 0.29) is 24.2 Å². The third-order valence-corrected chi connectivity index (χ3v) is 6.07. The molecule has 0 saturated carbocycles. The number of nitrogens with zero attached hydrogens (tertiary/aromatic N) is 4. The molecule has 1 saturated heterocycles. The van der Waals surface area contributed by atoms with Gasteiger partial charge < -0.3 is 14.7 Å². The molecule has 5 rings (SSSR count). The van der Waals surface area contributed by atoms with E-state index in [4.69, 9.17) is 4.52 Å². The smallest absolute Gasteiger partial charge is 0.322 e. The van der Waals surface area contributed by atoms with E-state index in [1.165, 1.54) is 4.90 Å². The van der Waals surface area contributed by atoms with Crippen LogP contribution in [0.4, 0.5) is 6.01 Å². The van der Waals surface area contributed by atoms with E-state index in [9.17, 15) is 19.6 Å². The highest BCUT2D eigenvalue weighted by Crippen LogP contribution is 2.28. The summed E-state index contributed by atoms with van der Waals surface area (Å²) in [6, 6.07) is 12.6. The molecule has 0 bridgehead atoms. The lowest BCUT2D eigenvalue weighted by atomic mass is 10.0. The Morgan fingerprint density at radius 1 is 1.24 bits per heavy atom. The van der Waals surface area contributed by atoms with Gasteiger partial charge in [-0.1, -0.05) is 29.4 Å². The van der Waals surface area contributed by atoms with E-state index in [0.717, 1.165) is 16.7 Å². The van der Waals surface area contributed by atoms with Crippen LogP contribution in [0, 0.1) is 18.3 Å². The zero-order valence-corrected chi connectivity index (χ0v) is 18.3. The normalized spacial score (nSPS) is 17.4. The van der Waals surface area contributed by atoms with Gasteiger partial charge in [0.1, 0.15) is 6.04 Å². The summed E-state index contributed by atoms with van der Waals surface area (Å²) in [5.74, 6) is -0.573. The molecule has 34 heavy (non-hydrogen) atoms. The summed E-state index contributed by atoms with van der Waals surface area (Å²) in [4.78, 5) is 42.3. The predicted molar refractivity (Wildman–Crippen MR) is 119 cm³/mol. The minimum Gasteiger partial charge on any atom is -0.334 e. The monoisotopic (exact) mass is 456 g/mol. The number of hydrogen-bond donors (Lipinski definition) is 2. The van der Waals surface area contributed by atoms with Crippen molar-refractivity contribution < 1.29 is 18.9 Å². The minimum atomic E-state index is -0.640. The third kappa shape index (κ3) is 3.88. The Morgan fingerprint density at radius 2 is 2.09 bits per heavy atom. The molecule has 0 aliphatic carbocycles. The molecule has 1 atom stereocenters. The van der Waals surface area contributed by atoms with Crippen LogP contribution in [0.3, 0.4) is 0 Å². The standard InChI is InChI=1S/C24H20N6O4/c1-13-2-4-15(9-16(13)10-25)21-28-24(34-29-21)26-11-14-3-5-18-17(8-14)12-30(23(18)33)19-6-7-20(31)27-22(19)32/h2-5,8-9,19H,6-7,11-12H2,1H3,(H,26,28,29)(H,27,31,32). The van der Waals surface area contributed by atoms with Gasteiger partial charge in [0, 0.05) is 30.6 Å². The number of hydrogen-bond acceptors (Lipinski definition) is 8. The number of benzene rings is 2. The van der Waals surface area contributed by atoms with Crippen LogP contribution in [0.25, 0.3) is 11.4 Å². The maximum absolute atomic E-state index is 12.8. The van der Waals surface area contributed by atoms with Crippen LogP contribution in [-0.2, 0) is 22.7 Å². The average Bonchev–Trinajstić information content (AvgIpc) is 3.43. The lowest BCUT2D eigenvalue weighted by Gasteiger charge is -2.29. The van der Waals surface area contributed by atoms with Crippen molar-refractivity contribution in [2.45, 2.75) is 38.9 Å². The van der Waals surface area contributed by atoms with Gasteiger partial charge in [0.05, 0.1) is 11.6 Å². The second-order valence-electron chi connectivity index (χ2n) is 8.31. The van der Waals surface area contributed by atoms with Crippen molar-refractivity contribution in [1.82, 2.24) is 20.4 Å². The van der Waals surface area contributed by atoms with Gasteiger partial charge in [-0.05, 0) is 42.2 Å². The molecule has 0 radical (unpaired) electrons. The SMILES string of the molecule is Cc1ccc(-c2noc(NCc3ccc4c(c3)CN(C3CCC(=O)NC3=O)C4=O)n2)cc1C#N. The summed E-state index contributed by atoms with van der Waals surface area (Å²) < 4.78 is 5.28.